The van der Waals surface area contributed by atoms with Crippen LogP contribution in [0, 0.1) is 11.6 Å². The third kappa shape index (κ3) is 13.9. The van der Waals surface area contributed by atoms with Crippen LogP contribution in [-0.4, -0.2) is 55.5 Å². The van der Waals surface area contributed by atoms with Crippen LogP contribution in [0.5, 0.6) is 0 Å². The number of methoxy groups -OCH3 is 2. The normalized spacial score (nSPS) is 10.8. The molecule has 0 fully saturated rings. The van der Waals surface area contributed by atoms with Crippen molar-refractivity contribution in [3.8, 4) is 0 Å². The minimum atomic E-state index is -3.64. The summed E-state index contributed by atoms with van der Waals surface area (Å²) >= 11 is 14.5. The Balaban J connectivity index is 0.000000281. The third-order valence-electron chi connectivity index (χ3n) is 6.07. The Morgan fingerprint density at radius 1 is 0.735 bits per heavy atom. The highest BCUT2D eigenvalue weighted by Gasteiger charge is 2.20. The standard InChI is InChI=1S/C16H15ClFNO4S.C9H8BrFO2.C7H8ClNO2S/c1-23-16(20)11-3-4-12(15(18)9-11)10-19(24(2,21)22)14-7-5-13(17)6-8-14;1-13-9(12)6-2-3-7(5-10)8(11)4-6;1-12(10,11)9-7-4-2-6(8)3-5-7/h3-9H,10H2,1-2H3;2-4H,5H2,1H3;2-5,9H,1H3. The van der Waals surface area contributed by atoms with E-state index < -0.39 is 43.6 Å². The van der Waals surface area contributed by atoms with Gasteiger partial charge in [-0.2, -0.15) is 0 Å². The summed E-state index contributed by atoms with van der Waals surface area (Å²) in [5.41, 5.74) is 1.80. The van der Waals surface area contributed by atoms with Crippen molar-refractivity contribution in [2.45, 2.75) is 11.9 Å². The zero-order valence-electron chi connectivity index (χ0n) is 26.4. The zero-order valence-corrected chi connectivity index (χ0v) is 31.1. The molecule has 0 amide bonds. The number of hydrogen-bond donors (Lipinski definition) is 1. The number of alkyl halides is 1. The van der Waals surface area contributed by atoms with E-state index in [2.05, 4.69) is 30.1 Å². The molecule has 4 aromatic rings. The van der Waals surface area contributed by atoms with Crippen molar-refractivity contribution in [2.75, 3.05) is 35.8 Å². The van der Waals surface area contributed by atoms with E-state index in [0.29, 0.717) is 32.3 Å². The maximum atomic E-state index is 14.2. The molecule has 0 saturated heterocycles. The highest BCUT2D eigenvalue weighted by atomic mass is 79.9. The van der Waals surface area contributed by atoms with Gasteiger partial charge in [-0.3, -0.25) is 9.03 Å². The Kier molecular flexibility index (Phi) is 15.9. The van der Waals surface area contributed by atoms with Crippen LogP contribution >= 0.6 is 39.1 Å². The lowest BCUT2D eigenvalue weighted by Crippen LogP contribution is -2.29. The highest BCUT2D eigenvalue weighted by Crippen LogP contribution is 2.24. The van der Waals surface area contributed by atoms with Gasteiger partial charge in [-0.15, -0.1) is 0 Å². The molecule has 4 aromatic carbocycles. The second-order valence-corrected chi connectivity index (χ2v) is 14.9. The Morgan fingerprint density at radius 2 is 1.16 bits per heavy atom. The largest absolute Gasteiger partial charge is 0.465 e. The van der Waals surface area contributed by atoms with Crippen molar-refractivity contribution >= 4 is 82.5 Å². The van der Waals surface area contributed by atoms with Gasteiger partial charge in [0.25, 0.3) is 0 Å². The molecule has 4 rings (SSSR count). The Morgan fingerprint density at radius 3 is 1.53 bits per heavy atom. The number of halogens is 5. The van der Waals surface area contributed by atoms with Gasteiger partial charge in [0.2, 0.25) is 20.0 Å². The molecule has 264 valence electrons. The van der Waals surface area contributed by atoms with E-state index in [0.717, 1.165) is 22.9 Å². The predicted molar refractivity (Wildman–Crippen MR) is 191 cm³/mol. The van der Waals surface area contributed by atoms with Gasteiger partial charge in [0.1, 0.15) is 11.6 Å². The molecule has 17 heteroatoms. The Hall–Kier alpha value is -3.76. The number of anilines is 2. The molecule has 0 heterocycles. The van der Waals surface area contributed by atoms with Crippen molar-refractivity contribution in [3.05, 3.63) is 129 Å². The molecule has 0 unspecified atom stereocenters. The smallest absolute Gasteiger partial charge is 0.337 e. The first-order valence-corrected chi connectivity index (χ1v) is 19.3. The van der Waals surface area contributed by atoms with Crippen molar-refractivity contribution in [1.82, 2.24) is 0 Å². The number of carbonyl (C=O) groups is 2. The zero-order chi connectivity index (χ0) is 36.9. The van der Waals surface area contributed by atoms with Crippen LogP contribution in [0.3, 0.4) is 0 Å². The molecule has 49 heavy (non-hydrogen) atoms. The highest BCUT2D eigenvalue weighted by molar-refractivity contribution is 9.08. The van der Waals surface area contributed by atoms with E-state index in [-0.39, 0.29) is 23.2 Å². The topological polar surface area (TPSA) is 136 Å². The second-order valence-electron chi connectivity index (χ2n) is 9.86. The van der Waals surface area contributed by atoms with Gasteiger partial charge in [0.05, 0.1) is 50.1 Å². The summed E-state index contributed by atoms with van der Waals surface area (Å²) in [5.74, 6) is -2.29. The molecule has 0 aromatic heterocycles. The van der Waals surface area contributed by atoms with E-state index in [1.54, 1.807) is 42.5 Å². The lowest BCUT2D eigenvalue weighted by atomic mass is 10.1. The Labute approximate surface area is 302 Å². The fraction of sp³-hybridized carbons (Fsp3) is 0.188. The molecule has 0 aliphatic rings. The van der Waals surface area contributed by atoms with Crippen LogP contribution in [0.25, 0.3) is 0 Å². The van der Waals surface area contributed by atoms with Crippen LogP contribution in [0.2, 0.25) is 10.0 Å². The fourth-order valence-corrected chi connectivity index (χ4v) is 5.86. The summed E-state index contributed by atoms with van der Waals surface area (Å²) in [6, 6.07) is 20.6. The molecule has 0 aliphatic carbocycles. The summed E-state index contributed by atoms with van der Waals surface area (Å²) in [6.45, 7) is -0.215. The minimum absolute atomic E-state index is 0.0520. The molecule has 1 N–H and O–H groups in total. The summed E-state index contributed by atoms with van der Waals surface area (Å²) in [7, 11) is -4.37. The predicted octanol–water partition coefficient (Wildman–Crippen LogP) is 7.45. The van der Waals surface area contributed by atoms with Crippen molar-refractivity contribution < 1.29 is 44.7 Å². The van der Waals surface area contributed by atoms with Crippen LogP contribution < -0.4 is 9.03 Å². The lowest BCUT2D eigenvalue weighted by Gasteiger charge is -2.23. The van der Waals surface area contributed by atoms with E-state index >= 15 is 0 Å². The monoisotopic (exact) mass is 822 g/mol. The number of nitrogens with zero attached hydrogens (tertiary/aromatic N) is 1. The average molecular weight is 825 g/mol. The van der Waals surface area contributed by atoms with Crippen molar-refractivity contribution in [3.63, 3.8) is 0 Å². The number of rotatable bonds is 9. The number of carbonyl (C=O) groups excluding carboxylic acids is 2. The molecule has 0 radical (unpaired) electrons. The van der Waals surface area contributed by atoms with E-state index in [1.807, 2.05) is 0 Å². The summed E-state index contributed by atoms with van der Waals surface area (Å²) in [4.78, 5) is 22.4. The van der Waals surface area contributed by atoms with E-state index in [9.17, 15) is 35.2 Å². The first-order chi connectivity index (χ1) is 22.9. The second kappa shape index (κ2) is 18.9. The molecule has 0 bridgehead atoms. The summed E-state index contributed by atoms with van der Waals surface area (Å²) in [6.07, 6.45) is 2.13. The van der Waals surface area contributed by atoms with E-state index in [4.69, 9.17) is 23.2 Å². The molecule has 10 nitrogen and oxygen atoms in total. The van der Waals surface area contributed by atoms with E-state index in [1.165, 1.54) is 50.6 Å². The fourth-order valence-electron chi connectivity index (χ4n) is 3.71. The molecule has 0 spiro atoms. The quantitative estimate of drug-likeness (QED) is 0.136. The molecular weight excluding hydrogens is 793 g/mol. The number of sulfonamides is 2. The maximum Gasteiger partial charge on any atom is 0.337 e. The molecule has 0 aliphatic heterocycles. The number of hydrogen-bond acceptors (Lipinski definition) is 8. The van der Waals surface area contributed by atoms with Gasteiger partial charge in [0.15, 0.2) is 0 Å². The minimum Gasteiger partial charge on any atom is -0.465 e. The van der Waals surface area contributed by atoms with Gasteiger partial charge in [-0.25, -0.2) is 35.2 Å². The number of nitrogens with one attached hydrogen (secondary N) is 1. The van der Waals surface area contributed by atoms with Gasteiger partial charge < -0.3 is 9.47 Å². The molecule has 0 saturated carbocycles. The summed E-state index contributed by atoms with van der Waals surface area (Å²) < 4.78 is 85.3. The van der Waals surface area contributed by atoms with Crippen LogP contribution in [0.4, 0.5) is 20.2 Å². The number of esters is 2. The van der Waals surface area contributed by atoms with Crippen LogP contribution in [0.15, 0.2) is 84.9 Å². The molecule has 0 atom stereocenters. The first kappa shape index (κ1) is 41.4. The average Bonchev–Trinajstić information content (AvgIpc) is 3.04. The summed E-state index contributed by atoms with van der Waals surface area (Å²) in [5, 5.41) is 1.47. The van der Waals surface area contributed by atoms with Gasteiger partial charge in [-0.1, -0.05) is 51.3 Å². The SMILES string of the molecule is COC(=O)c1ccc(CBr)c(F)c1.COC(=O)c1ccc(CN(c2ccc(Cl)cc2)S(C)(=O)=O)c(F)c1.CS(=O)(=O)Nc1ccc(Cl)cc1. The van der Waals surface area contributed by atoms with Gasteiger partial charge in [-0.05, 0) is 78.4 Å². The first-order valence-electron chi connectivity index (χ1n) is 13.6. The number of ether oxygens (including phenoxy) is 2. The van der Waals surface area contributed by atoms with Crippen LogP contribution in [-0.2, 0) is 41.4 Å². The third-order valence-corrected chi connectivity index (χ3v) is 8.92. The number of benzene rings is 4. The van der Waals surface area contributed by atoms with Crippen molar-refractivity contribution in [2.24, 2.45) is 0 Å². The maximum absolute atomic E-state index is 14.2. The molecular formula is C32H31BrCl2F2N2O8S2. The van der Waals surface area contributed by atoms with Crippen molar-refractivity contribution in [1.29, 1.82) is 0 Å². The van der Waals surface area contributed by atoms with Gasteiger partial charge >= 0.3 is 11.9 Å². The van der Waals surface area contributed by atoms with Crippen LogP contribution in [0.1, 0.15) is 31.8 Å². The van der Waals surface area contributed by atoms with Gasteiger partial charge in [0, 0.05) is 26.6 Å². The lowest BCUT2D eigenvalue weighted by molar-refractivity contribution is 0.0591. The Bertz CT molecular complexity index is 1970.